The van der Waals surface area contributed by atoms with Gasteiger partial charge in [-0.1, -0.05) is 104 Å². The second kappa shape index (κ2) is 20.7. The van der Waals surface area contributed by atoms with Gasteiger partial charge in [-0.05, 0) is 31.8 Å². The fraction of sp³-hybridized carbons (Fsp3) is 0.920. The van der Waals surface area contributed by atoms with E-state index in [0.717, 1.165) is 17.1 Å². The first-order valence-corrected chi connectivity index (χ1v) is 12.0. The van der Waals surface area contributed by atoms with Gasteiger partial charge in [0.05, 0.1) is 26.7 Å². The number of hydrogen-bond acceptors (Lipinski definition) is 0. The van der Waals surface area contributed by atoms with Gasteiger partial charge in [0.15, 0.2) is 0 Å². The molecule has 0 heterocycles. The minimum Gasteiger partial charge on any atom is -1.00 e. The van der Waals surface area contributed by atoms with Crippen molar-refractivity contribution < 1.29 is 16.9 Å². The summed E-state index contributed by atoms with van der Waals surface area (Å²) in [7, 11) is 4.83. The van der Waals surface area contributed by atoms with E-state index in [1.165, 1.54) is 109 Å². The molecule has 0 saturated carbocycles. The van der Waals surface area contributed by atoms with Crippen LogP contribution < -0.4 is 12.4 Å². The molecule has 0 aliphatic carbocycles. The third-order valence-electron chi connectivity index (χ3n) is 6.12. The summed E-state index contributed by atoms with van der Waals surface area (Å²) in [5, 5.41) is 0. The van der Waals surface area contributed by atoms with Crippen LogP contribution in [0.5, 0.6) is 0 Å². The Morgan fingerprint density at radius 2 is 0.963 bits per heavy atom. The predicted molar refractivity (Wildman–Crippen MR) is 121 cm³/mol. The van der Waals surface area contributed by atoms with Gasteiger partial charge in [0.2, 0.25) is 0 Å². The normalized spacial score (nSPS) is 12.6. The summed E-state index contributed by atoms with van der Waals surface area (Å²) in [6.45, 7) is 9.71. The zero-order valence-electron chi connectivity index (χ0n) is 19.4. The molecule has 0 fully saturated rings. The van der Waals surface area contributed by atoms with Crippen LogP contribution in [0.15, 0.2) is 12.7 Å². The molecule has 1 atom stereocenters. The van der Waals surface area contributed by atoms with Crippen LogP contribution in [0.1, 0.15) is 123 Å². The first kappa shape index (κ1) is 29.2. The molecule has 0 rings (SSSR count). The van der Waals surface area contributed by atoms with E-state index in [1.807, 2.05) is 0 Å². The Balaban J connectivity index is 0. The van der Waals surface area contributed by atoms with E-state index in [9.17, 15) is 0 Å². The van der Waals surface area contributed by atoms with E-state index < -0.39 is 0 Å². The molecule has 0 saturated heterocycles. The van der Waals surface area contributed by atoms with Gasteiger partial charge in [0.25, 0.3) is 0 Å². The zero-order chi connectivity index (χ0) is 19.5. The van der Waals surface area contributed by atoms with E-state index in [-0.39, 0.29) is 12.4 Å². The molecular weight excluding hydrogens is 350 g/mol. The molecule has 164 valence electrons. The van der Waals surface area contributed by atoms with Gasteiger partial charge in [-0.2, -0.15) is 0 Å². The van der Waals surface area contributed by atoms with Crippen LogP contribution in [0.3, 0.4) is 0 Å². The fourth-order valence-electron chi connectivity index (χ4n) is 4.18. The maximum atomic E-state index is 4.00. The van der Waals surface area contributed by atoms with Crippen molar-refractivity contribution in [2.45, 2.75) is 129 Å². The van der Waals surface area contributed by atoms with Crippen LogP contribution in [0.25, 0.3) is 0 Å². The largest absolute Gasteiger partial charge is 1.00 e. The van der Waals surface area contributed by atoms with Gasteiger partial charge < -0.3 is 16.9 Å². The number of hydrogen-bond donors (Lipinski definition) is 0. The summed E-state index contributed by atoms with van der Waals surface area (Å²) in [6, 6.07) is 0.823. The van der Waals surface area contributed by atoms with Crippen molar-refractivity contribution in [3.05, 3.63) is 12.7 Å². The molecular formula is C25H52ClN. The standard InChI is InChI=1S/C25H52N.ClH/c1-6-9-11-13-15-17-19-21-23-25(26(4,5)24-8-3)22-20-18-16-14-12-10-7-2;/h8,25H,3,6-7,9-24H2,1-2,4-5H3;1H/q+1;/p-1. The van der Waals surface area contributed by atoms with Crippen LogP contribution in [0.4, 0.5) is 0 Å². The SMILES string of the molecule is C=CC[N+](C)(C)C(CCCCCCCCC)CCCCCCCCCC.[Cl-]. The van der Waals surface area contributed by atoms with Crippen molar-refractivity contribution in [2.75, 3.05) is 20.6 Å². The maximum Gasteiger partial charge on any atom is 0.0969 e. The third kappa shape index (κ3) is 17.8. The van der Waals surface area contributed by atoms with E-state index >= 15 is 0 Å². The summed E-state index contributed by atoms with van der Waals surface area (Å²) in [5.41, 5.74) is 0. The van der Waals surface area contributed by atoms with Gasteiger partial charge in [-0.3, -0.25) is 0 Å². The first-order valence-electron chi connectivity index (χ1n) is 12.0. The number of halogens is 1. The van der Waals surface area contributed by atoms with E-state index in [4.69, 9.17) is 0 Å². The second-order valence-electron chi connectivity index (χ2n) is 9.08. The molecule has 0 spiro atoms. The average Bonchev–Trinajstić information content (AvgIpc) is 2.61. The average molecular weight is 402 g/mol. The van der Waals surface area contributed by atoms with Gasteiger partial charge in [-0.15, -0.1) is 0 Å². The van der Waals surface area contributed by atoms with Crippen molar-refractivity contribution in [1.82, 2.24) is 0 Å². The number of nitrogens with zero attached hydrogens (tertiary/aromatic N) is 1. The summed E-state index contributed by atoms with van der Waals surface area (Å²) in [6.07, 6.45) is 26.3. The van der Waals surface area contributed by atoms with Gasteiger partial charge in [-0.25, -0.2) is 0 Å². The summed E-state index contributed by atoms with van der Waals surface area (Å²) in [4.78, 5) is 0. The second-order valence-corrected chi connectivity index (χ2v) is 9.08. The van der Waals surface area contributed by atoms with Crippen molar-refractivity contribution in [3.8, 4) is 0 Å². The zero-order valence-corrected chi connectivity index (χ0v) is 20.2. The lowest BCUT2D eigenvalue weighted by atomic mass is 9.97. The lowest BCUT2D eigenvalue weighted by Crippen LogP contribution is -3.00. The van der Waals surface area contributed by atoms with E-state index in [0.29, 0.717) is 0 Å². The van der Waals surface area contributed by atoms with Crippen LogP contribution in [-0.4, -0.2) is 31.2 Å². The van der Waals surface area contributed by atoms with Crippen molar-refractivity contribution in [2.24, 2.45) is 0 Å². The molecule has 0 aliphatic rings. The summed E-state index contributed by atoms with van der Waals surface area (Å²) >= 11 is 0. The highest BCUT2D eigenvalue weighted by Crippen LogP contribution is 2.22. The Morgan fingerprint density at radius 1 is 0.630 bits per heavy atom. The van der Waals surface area contributed by atoms with Gasteiger partial charge in [0.1, 0.15) is 0 Å². The summed E-state index contributed by atoms with van der Waals surface area (Å²) < 4.78 is 1.13. The smallest absolute Gasteiger partial charge is 0.0969 e. The molecule has 0 aromatic rings. The molecule has 1 unspecified atom stereocenters. The van der Waals surface area contributed by atoms with Crippen LogP contribution in [0, 0.1) is 0 Å². The lowest BCUT2D eigenvalue weighted by Gasteiger charge is -2.38. The molecule has 0 bridgehead atoms. The fourth-order valence-corrected chi connectivity index (χ4v) is 4.18. The molecule has 0 N–H and O–H groups in total. The Morgan fingerprint density at radius 3 is 1.30 bits per heavy atom. The van der Waals surface area contributed by atoms with Gasteiger partial charge >= 0.3 is 0 Å². The molecule has 0 aliphatic heterocycles. The molecule has 0 aromatic heterocycles. The van der Waals surface area contributed by atoms with Crippen molar-refractivity contribution >= 4 is 0 Å². The van der Waals surface area contributed by atoms with E-state index in [2.05, 4.69) is 40.6 Å². The molecule has 2 heteroatoms. The molecule has 0 amide bonds. The molecule has 1 nitrogen and oxygen atoms in total. The third-order valence-corrected chi connectivity index (χ3v) is 6.12. The van der Waals surface area contributed by atoms with Crippen molar-refractivity contribution in [1.29, 1.82) is 0 Å². The highest BCUT2D eigenvalue weighted by Gasteiger charge is 2.25. The van der Waals surface area contributed by atoms with Gasteiger partial charge in [0, 0.05) is 0 Å². The Labute approximate surface area is 179 Å². The minimum atomic E-state index is 0. The number of unbranched alkanes of at least 4 members (excludes halogenated alkanes) is 13. The number of likely N-dealkylation sites (N-methyl/N-ethyl adjacent to an activating group) is 1. The Bertz CT molecular complexity index is 301. The minimum absolute atomic E-state index is 0. The highest BCUT2D eigenvalue weighted by molar-refractivity contribution is 4.69. The Hall–Kier alpha value is -0.0100. The van der Waals surface area contributed by atoms with Crippen LogP contribution >= 0.6 is 0 Å². The highest BCUT2D eigenvalue weighted by atomic mass is 35.5. The van der Waals surface area contributed by atoms with Crippen LogP contribution in [0.2, 0.25) is 0 Å². The monoisotopic (exact) mass is 401 g/mol. The first-order chi connectivity index (χ1) is 12.6. The summed E-state index contributed by atoms with van der Waals surface area (Å²) in [5.74, 6) is 0. The molecule has 27 heavy (non-hydrogen) atoms. The predicted octanol–water partition coefficient (Wildman–Crippen LogP) is 5.29. The van der Waals surface area contributed by atoms with E-state index in [1.54, 1.807) is 0 Å². The number of quaternary nitrogens is 1. The number of rotatable bonds is 20. The Kier molecular flexibility index (Phi) is 22.4. The lowest BCUT2D eigenvalue weighted by molar-refractivity contribution is -0.910. The quantitative estimate of drug-likeness (QED) is 0.147. The maximum absolute atomic E-state index is 4.00. The molecule has 0 aromatic carbocycles. The van der Waals surface area contributed by atoms with Crippen LogP contribution in [-0.2, 0) is 0 Å². The molecule has 0 radical (unpaired) electrons. The van der Waals surface area contributed by atoms with Crippen molar-refractivity contribution in [3.63, 3.8) is 0 Å². The topological polar surface area (TPSA) is 0 Å².